The van der Waals surface area contributed by atoms with Crippen LogP contribution in [0.2, 0.25) is 0 Å². The molecule has 5 nitrogen and oxygen atoms in total. The Morgan fingerprint density at radius 3 is 2.63 bits per heavy atom. The Morgan fingerprint density at radius 2 is 2.11 bits per heavy atom. The minimum Gasteiger partial charge on any atom is -0.323 e. The van der Waals surface area contributed by atoms with Gasteiger partial charge in [-0.25, -0.2) is 8.42 Å². The lowest BCUT2D eigenvalue weighted by Crippen LogP contribution is -2.56. The topological polar surface area (TPSA) is 80.5 Å². The molecule has 1 aliphatic heterocycles. The Hall–Kier alpha value is -0.270. The number of carbonyl (C=O) groups excluding carboxylic acids is 1. The van der Waals surface area contributed by atoms with Crippen molar-refractivity contribution in [2.24, 2.45) is 11.7 Å². The molecule has 3 atom stereocenters. The molecule has 1 rings (SSSR count). The number of sulfone groups is 1. The van der Waals surface area contributed by atoms with Crippen LogP contribution < -0.4 is 5.73 Å². The SMILES string of the molecule is CC[C@H](C)[C@H](N)C(=O)N1CCSCC1S(=O)(=O)CC. The van der Waals surface area contributed by atoms with Crippen LogP contribution in [0.3, 0.4) is 0 Å². The van der Waals surface area contributed by atoms with Crippen molar-refractivity contribution in [2.75, 3.05) is 23.8 Å². The van der Waals surface area contributed by atoms with E-state index in [1.165, 1.54) is 4.90 Å². The van der Waals surface area contributed by atoms with Gasteiger partial charge in [-0.05, 0) is 5.92 Å². The molecule has 19 heavy (non-hydrogen) atoms. The highest BCUT2D eigenvalue weighted by atomic mass is 32.2. The number of rotatable bonds is 5. The smallest absolute Gasteiger partial charge is 0.240 e. The highest BCUT2D eigenvalue weighted by molar-refractivity contribution is 8.01. The van der Waals surface area contributed by atoms with Gasteiger partial charge in [-0.1, -0.05) is 27.2 Å². The van der Waals surface area contributed by atoms with E-state index in [0.29, 0.717) is 12.3 Å². The zero-order valence-electron chi connectivity index (χ0n) is 11.8. The summed E-state index contributed by atoms with van der Waals surface area (Å²) in [5.74, 6) is 1.12. The average molecular weight is 308 g/mol. The molecule has 112 valence electrons. The molecule has 1 amide bonds. The van der Waals surface area contributed by atoms with Crippen molar-refractivity contribution in [3.63, 3.8) is 0 Å². The molecule has 7 heteroatoms. The van der Waals surface area contributed by atoms with E-state index < -0.39 is 21.3 Å². The Morgan fingerprint density at radius 1 is 1.47 bits per heavy atom. The molecule has 1 unspecified atom stereocenters. The Bertz CT molecular complexity index is 411. The lowest BCUT2D eigenvalue weighted by Gasteiger charge is -2.37. The van der Waals surface area contributed by atoms with E-state index in [1.54, 1.807) is 18.7 Å². The van der Waals surface area contributed by atoms with Crippen LogP contribution in [0.4, 0.5) is 0 Å². The Labute approximate surface area is 120 Å². The van der Waals surface area contributed by atoms with Gasteiger partial charge in [-0.3, -0.25) is 4.79 Å². The molecule has 0 spiro atoms. The number of amides is 1. The molecule has 1 saturated heterocycles. The van der Waals surface area contributed by atoms with Crippen LogP contribution in [0, 0.1) is 5.92 Å². The Balaban J connectivity index is 2.92. The third-order valence-electron chi connectivity index (χ3n) is 3.73. The molecule has 2 N–H and O–H groups in total. The highest BCUT2D eigenvalue weighted by Crippen LogP contribution is 2.23. The van der Waals surface area contributed by atoms with Crippen LogP contribution >= 0.6 is 11.8 Å². The van der Waals surface area contributed by atoms with Crippen LogP contribution in [-0.4, -0.2) is 54.4 Å². The largest absolute Gasteiger partial charge is 0.323 e. The predicted octanol–water partition coefficient (Wildman–Crippen LogP) is 0.696. The molecule has 0 aliphatic carbocycles. The molecular formula is C12H24N2O3S2. The average Bonchev–Trinajstić information content (AvgIpc) is 2.44. The minimum atomic E-state index is -3.25. The molecule has 0 saturated carbocycles. The summed E-state index contributed by atoms with van der Waals surface area (Å²) in [6.07, 6.45) is 0.806. The number of hydrogen-bond donors (Lipinski definition) is 1. The number of nitrogens with zero attached hydrogens (tertiary/aromatic N) is 1. The third kappa shape index (κ3) is 3.86. The predicted molar refractivity (Wildman–Crippen MR) is 79.7 cm³/mol. The summed E-state index contributed by atoms with van der Waals surface area (Å²) in [7, 11) is -3.25. The summed E-state index contributed by atoms with van der Waals surface area (Å²) in [6.45, 7) is 5.98. The molecule has 0 aromatic rings. The number of thioether (sulfide) groups is 1. The first-order valence-electron chi connectivity index (χ1n) is 6.70. The molecule has 1 heterocycles. The lowest BCUT2D eigenvalue weighted by molar-refractivity contribution is -0.134. The molecule has 0 aromatic carbocycles. The van der Waals surface area contributed by atoms with Crippen molar-refractivity contribution in [2.45, 2.75) is 38.6 Å². The standard InChI is InChI=1S/C12H24N2O3S2/c1-4-9(3)11(13)12(15)14-6-7-18-8-10(14)19(16,17)5-2/h9-11H,4-8,13H2,1-3H3/t9-,10?,11-/m0/s1. The molecular weight excluding hydrogens is 284 g/mol. The van der Waals surface area contributed by atoms with Crippen molar-refractivity contribution in [3.8, 4) is 0 Å². The van der Waals surface area contributed by atoms with Gasteiger partial charge in [0.15, 0.2) is 9.84 Å². The van der Waals surface area contributed by atoms with E-state index in [4.69, 9.17) is 5.73 Å². The van der Waals surface area contributed by atoms with E-state index in [0.717, 1.165) is 12.2 Å². The van der Waals surface area contributed by atoms with Gasteiger partial charge in [-0.2, -0.15) is 11.8 Å². The summed E-state index contributed by atoms with van der Waals surface area (Å²) < 4.78 is 24.2. The van der Waals surface area contributed by atoms with Crippen LogP contribution in [0.5, 0.6) is 0 Å². The summed E-state index contributed by atoms with van der Waals surface area (Å²) in [6, 6.07) is -0.609. The second kappa shape index (κ2) is 6.95. The van der Waals surface area contributed by atoms with Crippen molar-refractivity contribution in [1.29, 1.82) is 0 Å². The zero-order valence-corrected chi connectivity index (χ0v) is 13.5. The first kappa shape index (κ1) is 16.8. The van der Waals surface area contributed by atoms with Gasteiger partial charge >= 0.3 is 0 Å². The molecule has 0 radical (unpaired) electrons. The number of hydrogen-bond acceptors (Lipinski definition) is 5. The molecule has 0 aromatic heterocycles. The third-order valence-corrected chi connectivity index (χ3v) is 7.02. The van der Waals surface area contributed by atoms with Gasteiger partial charge in [0.05, 0.1) is 6.04 Å². The maximum Gasteiger partial charge on any atom is 0.240 e. The molecule has 0 bridgehead atoms. The van der Waals surface area contributed by atoms with Crippen LogP contribution in [0.1, 0.15) is 27.2 Å². The van der Waals surface area contributed by atoms with Crippen molar-refractivity contribution >= 4 is 27.5 Å². The fourth-order valence-corrected chi connectivity index (χ4v) is 4.99. The quantitative estimate of drug-likeness (QED) is 0.808. The fraction of sp³-hybridized carbons (Fsp3) is 0.917. The van der Waals surface area contributed by atoms with Gasteiger partial charge in [0.1, 0.15) is 5.37 Å². The van der Waals surface area contributed by atoms with Crippen molar-refractivity contribution < 1.29 is 13.2 Å². The van der Waals surface area contributed by atoms with Crippen molar-refractivity contribution in [1.82, 2.24) is 4.90 Å². The maximum absolute atomic E-state index is 12.4. The van der Waals surface area contributed by atoms with Crippen LogP contribution in [0.15, 0.2) is 0 Å². The summed E-state index contributed by atoms with van der Waals surface area (Å²) in [4.78, 5) is 13.9. The summed E-state index contributed by atoms with van der Waals surface area (Å²) in [5, 5.41) is -0.709. The second-order valence-electron chi connectivity index (χ2n) is 4.92. The van der Waals surface area contributed by atoms with Gasteiger partial charge in [-0.15, -0.1) is 0 Å². The summed E-state index contributed by atoms with van der Waals surface area (Å²) in [5.41, 5.74) is 5.96. The minimum absolute atomic E-state index is 0.0561. The van der Waals surface area contributed by atoms with Gasteiger partial charge in [0.2, 0.25) is 5.91 Å². The van der Waals surface area contributed by atoms with E-state index >= 15 is 0 Å². The zero-order chi connectivity index (χ0) is 14.6. The van der Waals surface area contributed by atoms with E-state index in [1.807, 2.05) is 13.8 Å². The summed E-state index contributed by atoms with van der Waals surface area (Å²) >= 11 is 1.58. The Kier molecular flexibility index (Phi) is 6.14. The van der Waals surface area contributed by atoms with E-state index in [2.05, 4.69) is 0 Å². The van der Waals surface area contributed by atoms with Crippen LogP contribution in [0.25, 0.3) is 0 Å². The number of nitrogens with two attached hydrogens (primary N) is 1. The van der Waals surface area contributed by atoms with Gasteiger partial charge in [0, 0.05) is 23.8 Å². The van der Waals surface area contributed by atoms with Gasteiger partial charge < -0.3 is 10.6 Å². The van der Waals surface area contributed by atoms with E-state index in [-0.39, 0.29) is 17.6 Å². The first-order chi connectivity index (χ1) is 8.85. The normalized spacial score (nSPS) is 24.0. The maximum atomic E-state index is 12.4. The monoisotopic (exact) mass is 308 g/mol. The van der Waals surface area contributed by atoms with E-state index in [9.17, 15) is 13.2 Å². The van der Waals surface area contributed by atoms with Gasteiger partial charge in [0.25, 0.3) is 0 Å². The van der Waals surface area contributed by atoms with Crippen LogP contribution in [-0.2, 0) is 14.6 Å². The molecule has 1 fully saturated rings. The highest BCUT2D eigenvalue weighted by Gasteiger charge is 2.38. The fourth-order valence-electron chi connectivity index (χ4n) is 2.01. The number of carbonyl (C=O) groups is 1. The first-order valence-corrected chi connectivity index (χ1v) is 9.57. The second-order valence-corrected chi connectivity index (χ2v) is 8.52. The lowest BCUT2D eigenvalue weighted by atomic mass is 9.99. The molecule has 1 aliphatic rings. The van der Waals surface area contributed by atoms with Crippen molar-refractivity contribution in [3.05, 3.63) is 0 Å².